The van der Waals surface area contributed by atoms with Gasteiger partial charge >= 0.3 is 0 Å². The van der Waals surface area contributed by atoms with Crippen LogP contribution in [0.4, 0.5) is 0 Å². The lowest BCUT2D eigenvalue weighted by Crippen LogP contribution is -2.19. The van der Waals surface area contributed by atoms with Crippen LogP contribution in [0.2, 0.25) is 5.02 Å². The molecule has 170 valence electrons. The molecule has 2 aromatic carbocycles. The van der Waals surface area contributed by atoms with Gasteiger partial charge < -0.3 is 0 Å². The summed E-state index contributed by atoms with van der Waals surface area (Å²) in [6.45, 7) is 0. The molecule has 0 aliphatic heterocycles. The molecule has 0 saturated heterocycles. The number of nitrogens with one attached hydrogen (secondary N) is 1. The van der Waals surface area contributed by atoms with Crippen molar-refractivity contribution in [3.05, 3.63) is 94.2 Å². The summed E-state index contributed by atoms with van der Waals surface area (Å²) in [4.78, 5) is 16.4. The largest absolute Gasteiger partial charge is 0.272 e. The van der Waals surface area contributed by atoms with Gasteiger partial charge in [0.2, 0.25) is 0 Å². The van der Waals surface area contributed by atoms with Gasteiger partial charge in [0.1, 0.15) is 0 Å². The number of aromatic nitrogens is 4. The van der Waals surface area contributed by atoms with E-state index in [1.54, 1.807) is 24.5 Å². The maximum Gasteiger partial charge on any atom is 0.250 e. The molecule has 0 saturated carbocycles. The summed E-state index contributed by atoms with van der Waals surface area (Å²) in [7, 11) is 0. The van der Waals surface area contributed by atoms with Crippen LogP contribution in [-0.2, 0) is 4.79 Å². The van der Waals surface area contributed by atoms with E-state index in [0.717, 1.165) is 21.3 Å². The van der Waals surface area contributed by atoms with E-state index in [-0.39, 0.29) is 11.7 Å². The average molecular weight is 554 g/mol. The molecule has 1 N–H and O–H groups in total. The number of benzene rings is 2. The lowest BCUT2D eigenvalue weighted by molar-refractivity contribution is -0.118. The Kier molecular flexibility index (Phi) is 8.24. The zero-order chi connectivity index (χ0) is 23.8. The number of amides is 1. The Labute approximate surface area is 214 Å². The highest BCUT2D eigenvalue weighted by Gasteiger charge is 2.17. The Morgan fingerprint density at radius 2 is 1.79 bits per heavy atom. The van der Waals surface area contributed by atoms with Gasteiger partial charge in [0.25, 0.3) is 5.91 Å². The Hall–Kier alpha value is -3.27. The van der Waals surface area contributed by atoms with Crippen LogP contribution in [0, 0.1) is 0 Å². The van der Waals surface area contributed by atoms with E-state index in [9.17, 15) is 4.79 Å². The van der Waals surface area contributed by atoms with E-state index in [1.165, 1.54) is 18.0 Å². The molecule has 0 radical (unpaired) electrons. The summed E-state index contributed by atoms with van der Waals surface area (Å²) >= 11 is 10.7. The number of hydrogen-bond acceptors (Lipinski definition) is 6. The van der Waals surface area contributed by atoms with Crippen LogP contribution in [0.5, 0.6) is 0 Å². The predicted octanol–water partition coefficient (Wildman–Crippen LogP) is 5.61. The first-order valence-electron chi connectivity index (χ1n) is 10.1. The molecule has 0 unspecified atom stereocenters. The number of allylic oxidation sites excluding steroid dienone is 1. The number of pyridine rings is 1. The van der Waals surface area contributed by atoms with Crippen molar-refractivity contribution in [1.82, 2.24) is 25.2 Å². The van der Waals surface area contributed by atoms with Crippen molar-refractivity contribution in [1.29, 1.82) is 0 Å². The Balaban J connectivity index is 1.45. The summed E-state index contributed by atoms with van der Waals surface area (Å²) < 4.78 is 2.61. The highest BCUT2D eigenvalue weighted by atomic mass is 79.9. The minimum absolute atomic E-state index is 0.111. The molecule has 0 bridgehead atoms. The Morgan fingerprint density at radius 1 is 1.06 bits per heavy atom. The number of hydrogen-bond donors (Lipinski definition) is 1. The SMILES string of the molecule is O=C(CSc1nnc(-c2ccncc2)n1-c1ccc(Cl)cc1)NN=CC(Br)=Cc1ccccc1. The fourth-order valence-corrected chi connectivity index (χ4v) is 4.19. The van der Waals surface area contributed by atoms with Crippen LogP contribution in [0.1, 0.15) is 5.56 Å². The van der Waals surface area contributed by atoms with Gasteiger partial charge in [-0.05, 0) is 64.0 Å². The molecule has 4 aromatic rings. The van der Waals surface area contributed by atoms with Crippen molar-refractivity contribution in [3.63, 3.8) is 0 Å². The van der Waals surface area contributed by atoms with E-state index in [2.05, 4.69) is 41.6 Å². The molecule has 10 heteroatoms. The van der Waals surface area contributed by atoms with Crippen molar-refractivity contribution in [3.8, 4) is 17.1 Å². The number of halogens is 2. The molecule has 7 nitrogen and oxygen atoms in total. The van der Waals surface area contributed by atoms with E-state index >= 15 is 0 Å². The van der Waals surface area contributed by atoms with Crippen molar-refractivity contribution in [2.75, 3.05) is 5.75 Å². The Bertz CT molecular complexity index is 1310. The van der Waals surface area contributed by atoms with Crippen molar-refractivity contribution < 1.29 is 4.79 Å². The molecule has 0 spiro atoms. The van der Waals surface area contributed by atoms with Crippen molar-refractivity contribution >= 4 is 57.5 Å². The number of carbonyl (C=O) groups excluding carboxylic acids is 1. The summed E-state index contributed by atoms with van der Waals surface area (Å²) in [6, 6.07) is 20.8. The Morgan fingerprint density at radius 3 is 2.53 bits per heavy atom. The normalized spacial score (nSPS) is 11.6. The van der Waals surface area contributed by atoms with E-state index < -0.39 is 0 Å². The van der Waals surface area contributed by atoms with E-state index in [4.69, 9.17) is 11.6 Å². The molecule has 2 heterocycles. The van der Waals surface area contributed by atoms with Crippen LogP contribution in [0.15, 0.2) is 93.9 Å². The van der Waals surface area contributed by atoms with Gasteiger partial charge in [-0.1, -0.05) is 53.7 Å². The first kappa shape index (κ1) is 23.9. The first-order valence-corrected chi connectivity index (χ1v) is 12.2. The maximum absolute atomic E-state index is 12.4. The monoisotopic (exact) mass is 552 g/mol. The lowest BCUT2D eigenvalue weighted by atomic mass is 10.2. The smallest absolute Gasteiger partial charge is 0.250 e. The van der Waals surface area contributed by atoms with Gasteiger partial charge in [-0.3, -0.25) is 14.3 Å². The molecule has 34 heavy (non-hydrogen) atoms. The van der Waals surface area contributed by atoms with Gasteiger partial charge in [0.05, 0.1) is 12.0 Å². The summed E-state index contributed by atoms with van der Waals surface area (Å²) in [5, 5.41) is 13.9. The number of nitrogens with zero attached hydrogens (tertiary/aromatic N) is 5. The average Bonchev–Trinajstić information content (AvgIpc) is 3.28. The van der Waals surface area contributed by atoms with E-state index in [0.29, 0.717) is 16.0 Å². The fraction of sp³-hybridized carbons (Fsp3) is 0.0417. The molecule has 0 aliphatic rings. The maximum atomic E-state index is 12.4. The van der Waals surface area contributed by atoms with Gasteiger partial charge in [0, 0.05) is 33.1 Å². The summed E-state index contributed by atoms with van der Waals surface area (Å²) in [5.41, 5.74) is 5.24. The highest BCUT2D eigenvalue weighted by molar-refractivity contribution is 9.12. The van der Waals surface area contributed by atoms with Crippen LogP contribution >= 0.6 is 39.3 Å². The topological polar surface area (TPSA) is 85.1 Å². The third kappa shape index (κ3) is 6.40. The minimum Gasteiger partial charge on any atom is -0.272 e. The predicted molar refractivity (Wildman–Crippen MR) is 140 cm³/mol. The second-order valence-corrected chi connectivity index (χ2v) is 9.17. The fourth-order valence-electron chi connectivity index (χ4n) is 2.95. The van der Waals surface area contributed by atoms with Crippen LogP contribution in [0.25, 0.3) is 23.2 Å². The number of hydrazone groups is 1. The van der Waals surface area contributed by atoms with Crippen LogP contribution < -0.4 is 5.43 Å². The lowest BCUT2D eigenvalue weighted by Gasteiger charge is -2.10. The van der Waals surface area contributed by atoms with Gasteiger partial charge in [-0.25, -0.2) is 5.43 Å². The zero-order valence-corrected chi connectivity index (χ0v) is 20.8. The van der Waals surface area contributed by atoms with Crippen molar-refractivity contribution in [2.45, 2.75) is 5.16 Å². The number of carbonyl (C=O) groups is 1. The van der Waals surface area contributed by atoms with Gasteiger partial charge in [0.15, 0.2) is 11.0 Å². The molecule has 0 aliphatic carbocycles. The number of rotatable bonds is 8. The zero-order valence-electron chi connectivity index (χ0n) is 17.7. The molecular formula is C24H18BrClN6OS. The van der Waals surface area contributed by atoms with Gasteiger partial charge in [-0.2, -0.15) is 5.10 Å². The molecule has 4 rings (SSSR count). The minimum atomic E-state index is -0.266. The quantitative estimate of drug-likeness (QED) is 0.174. The van der Waals surface area contributed by atoms with Crippen LogP contribution in [0.3, 0.4) is 0 Å². The number of thioether (sulfide) groups is 1. The summed E-state index contributed by atoms with van der Waals surface area (Å²) in [5.74, 6) is 0.484. The first-order chi connectivity index (χ1) is 16.6. The second kappa shape index (κ2) is 11.7. The molecule has 0 atom stereocenters. The standard InChI is InChI=1S/C24H18BrClN6OS/c25-19(14-17-4-2-1-3-5-17)15-28-29-22(33)16-34-24-31-30-23(18-10-12-27-13-11-18)32(24)21-8-6-20(26)7-9-21/h1-15H,16H2,(H,29,33). The third-order valence-electron chi connectivity index (χ3n) is 4.47. The highest BCUT2D eigenvalue weighted by Crippen LogP contribution is 2.28. The molecular weight excluding hydrogens is 536 g/mol. The third-order valence-corrected chi connectivity index (χ3v) is 6.08. The second-order valence-electron chi connectivity index (χ2n) is 6.88. The van der Waals surface area contributed by atoms with Crippen molar-refractivity contribution in [2.24, 2.45) is 5.10 Å². The van der Waals surface area contributed by atoms with Gasteiger partial charge in [-0.15, -0.1) is 10.2 Å². The molecule has 0 fully saturated rings. The molecule has 1 amide bonds. The van der Waals surface area contributed by atoms with Crippen LogP contribution in [-0.4, -0.2) is 37.6 Å². The van der Waals surface area contributed by atoms with E-state index in [1.807, 2.05) is 65.2 Å². The summed E-state index contributed by atoms with van der Waals surface area (Å²) in [6.07, 6.45) is 6.82. The molecule has 2 aromatic heterocycles.